The lowest BCUT2D eigenvalue weighted by atomic mass is 10.1. The largest absolute Gasteiger partial charge is 0.465 e. The van der Waals surface area contributed by atoms with Crippen LogP contribution in [-0.2, 0) is 4.74 Å². The van der Waals surface area contributed by atoms with Crippen molar-refractivity contribution in [2.24, 2.45) is 0 Å². The van der Waals surface area contributed by atoms with E-state index in [2.05, 4.69) is 0 Å². The van der Waals surface area contributed by atoms with E-state index in [0.717, 1.165) is 4.90 Å². The van der Waals surface area contributed by atoms with E-state index in [-0.39, 0.29) is 11.5 Å². The van der Waals surface area contributed by atoms with Crippen LogP contribution in [0, 0.1) is 0 Å². The molecule has 0 saturated carbocycles. The molecule has 35 heavy (non-hydrogen) atoms. The molecule has 0 atom stereocenters. The number of ether oxygens (including phenoxy) is 1. The molecule has 3 amide bonds. The molecule has 0 radical (unpaired) electrons. The third-order valence-corrected chi connectivity index (χ3v) is 6.36. The Kier molecular flexibility index (Phi) is 5.78. The lowest BCUT2D eigenvalue weighted by Gasteiger charge is -2.37. The lowest BCUT2D eigenvalue weighted by Crippen LogP contribution is -2.49. The Morgan fingerprint density at radius 3 is 1.91 bits per heavy atom. The molecule has 3 aromatic carbocycles. The van der Waals surface area contributed by atoms with Crippen molar-refractivity contribution in [2.45, 2.75) is 0 Å². The van der Waals surface area contributed by atoms with E-state index in [1.54, 1.807) is 53.4 Å². The highest BCUT2D eigenvalue weighted by Crippen LogP contribution is 2.37. The van der Waals surface area contributed by atoms with E-state index in [1.165, 1.54) is 13.2 Å². The summed E-state index contributed by atoms with van der Waals surface area (Å²) in [6, 6.07) is 20.6. The first kappa shape index (κ1) is 22.3. The van der Waals surface area contributed by atoms with Crippen molar-refractivity contribution in [3.05, 3.63) is 95.1 Å². The van der Waals surface area contributed by atoms with E-state index >= 15 is 0 Å². The Labute approximate surface area is 202 Å². The fourth-order valence-electron chi connectivity index (χ4n) is 4.54. The van der Waals surface area contributed by atoms with Gasteiger partial charge in [-0.05, 0) is 42.5 Å². The molecule has 2 aliphatic heterocycles. The smallest absolute Gasteiger partial charge is 0.337 e. The van der Waals surface area contributed by atoms with Gasteiger partial charge in [0.2, 0.25) is 0 Å². The van der Waals surface area contributed by atoms with E-state index in [9.17, 15) is 19.2 Å². The van der Waals surface area contributed by atoms with E-state index in [0.29, 0.717) is 54.2 Å². The van der Waals surface area contributed by atoms with Gasteiger partial charge in [0.25, 0.3) is 17.7 Å². The number of piperazine rings is 1. The van der Waals surface area contributed by atoms with Crippen molar-refractivity contribution in [2.75, 3.05) is 43.1 Å². The molecule has 3 aromatic rings. The molecule has 8 nitrogen and oxygen atoms in total. The average molecular weight is 469 g/mol. The predicted octanol–water partition coefficient (Wildman–Crippen LogP) is 3.24. The molecule has 5 rings (SSSR count). The van der Waals surface area contributed by atoms with Gasteiger partial charge in [-0.1, -0.05) is 30.3 Å². The molecule has 0 aliphatic carbocycles. The Morgan fingerprint density at radius 2 is 1.31 bits per heavy atom. The van der Waals surface area contributed by atoms with Gasteiger partial charge in [0.1, 0.15) is 0 Å². The summed E-state index contributed by atoms with van der Waals surface area (Å²) in [4.78, 5) is 56.4. The second kappa shape index (κ2) is 9.06. The van der Waals surface area contributed by atoms with Crippen LogP contribution in [0.3, 0.4) is 0 Å². The third kappa shape index (κ3) is 3.93. The minimum absolute atomic E-state index is 0.0353. The van der Waals surface area contributed by atoms with Crippen LogP contribution in [0.1, 0.15) is 41.4 Å². The molecular weight excluding hydrogens is 446 g/mol. The highest BCUT2D eigenvalue weighted by Gasteiger charge is 2.38. The molecule has 176 valence electrons. The maximum absolute atomic E-state index is 13.2. The molecule has 8 heteroatoms. The minimum Gasteiger partial charge on any atom is -0.465 e. The number of benzene rings is 3. The van der Waals surface area contributed by atoms with Crippen LogP contribution < -0.4 is 9.80 Å². The van der Waals surface area contributed by atoms with Gasteiger partial charge >= 0.3 is 5.97 Å². The number of imide groups is 1. The van der Waals surface area contributed by atoms with Gasteiger partial charge in [-0.15, -0.1) is 0 Å². The van der Waals surface area contributed by atoms with Crippen LogP contribution in [0.25, 0.3) is 0 Å². The van der Waals surface area contributed by atoms with Crippen molar-refractivity contribution in [3.8, 4) is 0 Å². The zero-order valence-electron chi connectivity index (χ0n) is 19.1. The summed E-state index contributed by atoms with van der Waals surface area (Å²) >= 11 is 0. The van der Waals surface area contributed by atoms with Gasteiger partial charge in [0.15, 0.2) is 0 Å². The topological polar surface area (TPSA) is 87.2 Å². The fraction of sp³-hybridized carbons (Fsp3) is 0.185. The first-order chi connectivity index (χ1) is 17.0. The molecule has 1 fully saturated rings. The van der Waals surface area contributed by atoms with E-state index < -0.39 is 17.8 Å². The van der Waals surface area contributed by atoms with Crippen LogP contribution >= 0.6 is 0 Å². The van der Waals surface area contributed by atoms with Gasteiger partial charge in [-0.3, -0.25) is 14.4 Å². The van der Waals surface area contributed by atoms with Gasteiger partial charge in [0.05, 0.1) is 35.2 Å². The average Bonchev–Trinajstić information content (AvgIpc) is 3.17. The fourth-order valence-corrected chi connectivity index (χ4v) is 4.54. The standard InChI is InChI=1S/C27H23N3O5/c1-35-27(34)19-11-12-22(23(17-19)30-25(32)20-9-5-6-10-21(20)26(30)33)28-13-15-29(16-14-28)24(31)18-7-3-2-4-8-18/h2-12,17H,13-16H2,1H3. The molecule has 0 unspecified atom stereocenters. The summed E-state index contributed by atoms with van der Waals surface area (Å²) in [6.45, 7) is 1.97. The van der Waals surface area contributed by atoms with Crippen molar-refractivity contribution in [3.63, 3.8) is 0 Å². The summed E-state index contributed by atoms with van der Waals surface area (Å²) in [7, 11) is 1.28. The Morgan fingerprint density at radius 1 is 0.714 bits per heavy atom. The number of amides is 3. The van der Waals surface area contributed by atoms with Crippen LogP contribution in [0.5, 0.6) is 0 Å². The number of rotatable bonds is 4. The van der Waals surface area contributed by atoms with Gasteiger partial charge in [0, 0.05) is 31.7 Å². The number of esters is 1. The maximum atomic E-state index is 13.2. The summed E-state index contributed by atoms with van der Waals surface area (Å²) in [5, 5.41) is 0. The molecule has 1 saturated heterocycles. The minimum atomic E-state index is -0.562. The van der Waals surface area contributed by atoms with Crippen molar-refractivity contribution in [1.29, 1.82) is 0 Å². The highest BCUT2D eigenvalue weighted by molar-refractivity contribution is 6.35. The second-order valence-electron chi connectivity index (χ2n) is 8.33. The Hall–Kier alpha value is -4.46. The van der Waals surface area contributed by atoms with Crippen LogP contribution in [0.4, 0.5) is 11.4 Å². The number of anilines is 2. The van der Waals surface area contributed by atoms with Gasteiger partial charge in [-0.25, -0.2) is 9.69 Å². The van der Waals surface area contributed by atoms with Crippen molar-refractivity contribution in [1.82, 2.24) is 4.90 Å². The summed E-state index contributed by atoms with van der Waals surface area (Å²) < 4.78 is 4.85. The highest BCUT2D eigenvalue weighted by atomic mass is 16.5. The van der Waals surface area contributed by atoms with Crippen molar-refractivity contribution >= 4 is 35.1 Å². The maximum Gasteiger partial charge on any atom is 0.337 e. The molecule has 0 N–H and O–H groups in total. The molecule has 2 aliphatic rings. The third-order valence-electron chi connectivity index (χ3n) is 6.36. The number of fused-ring (bicyclic) bond motifs is 1. The first-order valence-electron chi connectivity index (χ1n) is 11.3. The van der Waals surface area contributed by atoms with Gasteiger partial charge in [-0.2, -0.15) is 0 Å². The molecular formula is C27H23N3O5. The Balaban J connectivity index is 1.45. The van der Waals surface area contributed by atoms with Gasteiger partial charge < -0.3 is 14.5 Å². The number of carbonyl (C=O) groups excluding carboxylic acids is 4. The molecule has 0 bridgehead atoms. The second-order valence-corrected chi connectivity index (χ2v) is 8.33. The summed E-state index contributed by atoms with van der Waals surface area (Å²) in [5.41, 5.74) is 2.48. The van der Waals surface area contributed by atoms with Crippen LogP contribution in [0.2, 0.25) is 0 Å². The van der Waals surface area contributed by atoms with E-state index in [1.807, 2.05) is 23.1 Å². The zero-order valence-corrected chi connectivity index (χ0v) is 19.1. The SMILES string of the molecule is COC(=O)c1ccc(N2CCN(C(=O)c3ccccc3)CC2)c(N2C(=O)c3ccccc3C2=O)c1. The molecule has 0 aromatic heterocycles. The van der Waals surface area contributed by atoms with Crippen LogP contribution in [0.15, 0.2) is 72.8 Å². The summed E-state index contributed by atoms with van der Waals surface area (Å²) in [6.07, 6.45) is 0. The monoisotopic (exact) mass is 469 g/mol. The number of hydrogen-bond acceptors (Lipinski definition) is 6. The number of carbonyl (C=O) groups is 4. The zero-order chi connectivity index (χ0) is 24.5. The van der Waals surface area contributed by atoms with E-state index in [4.69, 9.17) is 4.74 Å². The Bertz CT molecular complexity index is 1290. The lowest BCUT2D eigenvalue weighted by molar-refractivity contribution is 0.0599. The number of nitrogens with zero attached hydrogens (tertiary/aromatic N) is 3. The van der Waals surface area contributed by atoms with Crippen LogP contribution in [-0.4, -0.2) is 61.9 Å². The first-order valence-corrected chi connectivity index (χ1v) is 11.3. The predicted molar refractivity (Wildman–Crippen MR) is 130 cm³/mol. The van der Waals surface area contributed by atoms with Crippen molar-refractivity contribution < 1.29 is 23.9 Å². The quantitative estimate of drug-likeness (QED) is 0.431. The number of methoxy groups -OCH3 is 1. The molecule has 0 spiro atoms. The molecule has 2 heterocycles. The normalized spacial score (nSPS) is 15.3. The summed E-state index contributed by atoms with van der Waals surface area (Å²) in [5.74, 6) is -1.47. The number of hydrogen-bond donors (Lipinski definition) is 0.